The second-order valence-corrected chi connectivity index (χ2v) is 4.98. The molecule has 0 saturated carbocycles. The molecule has 0 unspecified atom stereocenters. The number of anilines is 1. The third kappa shape index (κ3) is 3.76. The first kappa shape index (κ1) is 14.4. The summed E-state index contributed by atoms with van der Waals surface area (Å²) in [6.07, 6.45) is 8.97. The van der Waals surface area contributed by atoms with Crippen molar-refractivity contribution in [2.24, 2.45) is 5.10 Å². The van der Waals surface area contributed by atoms with Crippen molar-refractivity contribution in [2.75, 3.05) is 5.43 Å². The maximum Gasteiger partial charge on any atom is 0.274 e. The molecule has 0 fully saturated rings. The number of H-pyrrole nitrogens is 1. The lowest BCUT2D eigenvalue weighted by Gasteiger charge is -2.05. The van der Waals surface area contributed by atoms with Crippen molar-refractivity contribution < 1.29 is 0 Å². The summed E-state index contributed by atoms with van der Waals surface area (Å²) in [5.74, 6) is 0.285. The molecule has 0 saturated heterocycles. The van der Waals surface area contributed by atoms with Gasteiger partial charge in [-0.15, -0.1) is 10.2 Å². The van der Waals surface area contributed by atoms with E-state index in [-0.39, 0.29) is 11.5 Å². The fraction of sp³-hybridized carbons (Fsp3) is 0.571. The van der Waals surface area contributed by atoms with Gasteiger partial charge in [0.15, 0.2) is 0 Å². The summed E-state index contributed by atoms with van der Waals surface area (Å²) in [6, 6.07) is 0. The van der Waals surface area contributed by atoms with Gasteiger partial charge in [-0.3, -0.25) is 9.78 Å². The standard InChI is InChI=1S/C14H21N5O/c1-3-4-5-7-11-8-6-9-12(11)17-19-14-15-13(20)10(2)16-18-14/h8H,3-7,9H2,1-2H3,(H2,15,18,19,20)/b17-12-. The number of allylic oxidation sites excluding steroid dienone is 2. The number of rotatable bonds is 6. The van der Waals surface area contributed by atoms with Crippen LogP contribution < -0.4 is 11.0 Å². The van der Waals surface area contributed by atoms with Crippen molar-refractivity contribution in [1.82, 2.24) is 15.2 Å². The van der Waals surface area contributed by atoms with Gasteiger partial charge in [0.05, 0.1) is 5.71 Å². The van der Waals surface area contributed by atoms with Gasteiger partial charge in [0.1, 0.15) is 5.69 Å². The van der Waals surface area contributed by atoms with Gasteiger partial charge < -0.3 is 0 Å². The lowest BCUT2D eigenvalue weighted by atomic mass is 10.1. The third-order valence-corrected chi connectivity index (χ3v) is 3.35. The molecule has 0 amide bonds. The second kappa shape index (κ2) is 6.98. The first-order valence-electron chi connectivity index (χ1n) is 7.16. The van der Waals surface area contributed by atoms with Crippen LogP contribution in [0.25, 0.3) is 0 Å². The minimum absolute atomic E-state index is 0.243. The summed E-state index contributed by atoms with van der Waals surface area (Å²) in [7, 11) is 0. The zero-order chi connectivity index (χ0) is 14.4. The second-order valence-electron chi connectivity index (χ2n) is 4.98. The van der Waals surface area contributed by atoms with Gasteiger partial charge in [0, 0.05) is 0 Å². The van der Waals surface area contributed by atoms with E-state index in [9.17, 15) is 4.79 Å². The highest BCUT2D eigenvalue weighted by Gasteiger charge is 2.13. The van der Waals surface area contributed by atoms with Crippen molar-refractivity contribution in [3.63, 3.8) is 0 Å². The lowest BCUT2D eigenvalue weighted by molar-refractivity contribution is 0.722. The number of nitrogens with zero attached hydrogens (tertiary/aromatic N) is 3. The van der Waals surface area contributed by atoms with Gasteiger partial charge in [-0.25, -0.2) is 5.43 Å². The highest BCUT2D eigenvalue weighted by Crippen LogP contribution is 2.21. The molecule has 6 heteroatoms. The van der Waals surface area contributed by atoms with Crippen LogP contribution in [0, 0.1) is 6.92 Å². The smallest absolute Gasteiger partial charge is 0.274 e. The Balaban J connectivity index is 1.98. The van der Waals surface area contributed by atoms with Crippen LogP contribution in [0.15, 0.2) is 21.5 Å². The summed E-state index contributed by atoms with van der Waals surface area (Å²) in [5, 5.41) is 12.0. The van der Waals surface area contributed by atoms with Crippen LogP contribution in [-0.2, 0) is 0 Å². The predicted molar refractivity (Wildman–Crippen MR) is 79.9 cm³/mol. The van der Waals surface area contributed by atoms with E-state index >= 15 is 0 Å². The number of unbranched alkanes of at least 4 members (excludes halogenated alkanes) is 2. The van der Waals surface area contributed by atoms with Crippen LogP contribution in [0.4, 0.5) is 5.95 Å². The molecule has 1 heterocycles. The monoisotopic (exact) mass is 275 g/mol. The lowest BCUT2D eigenvalue weighted by Crippen LogP contribution is -2.16. The molecule has 6 nitrogen and oxygen atoms in total. The number of aryl methyl sites for hydroxylation is 1. The highest BCUT2D eigenvalue weighted by atomic mass is 16.1. The first-order valence-corrected chi connectivity index (χ1v) is 7.16. The Morgan fingerprint density at radius 3 is 3.00 bits per heavy atom. The predicted octanol–water partition coefficient (Wildman–Crippen LogP) is 2.54. The van der Waals surface area contributed by atoms with Crippen LogP contribution in [0.3, 0.4) is 0 Å². The molecule has 0 radical (unpaired) electrons. The summed E-state index contributed by atoms with van der Waals surface area (Å²) in [6.45, 7) is 3.82. The van der Waals surface area contributed by atoms with Crippen LogP contribution in [0.2, 0.25) is 0 Å². The summed E-state index contributed by atoms with van der Waals surface area (Å²) >= 11 is 0. The van der Waals surface area contributed by atoms with E-state index in [0.717, 1.165) is 25.0 Å². The first-order chi connectivity index (χ1) is 9.70. The zero-order valence-electron chi connectivity index (χ0n) is 12.1. The Bertz CT molecular complexity index is 573. The highest BCUT2D eigenvalue weighted by molar-refractivity contribution is 6.02. The molecule has 20 heavy (non-hydrogen) atoms. The molecule has 0 spiro atoms. The van der Waals surface area contributed by atoms with Gasteiger partial charge in [-0.05, 0) is 38.2 Å². The van der Waals surface area contributed by atoms with Crippen molar-refractivity contribution in [3.05, 3.63) is 27.7 Å². The van der Waals surface area contributed by atoms with Crippen LogP contribution in [0.1, 0.15) is 51.1 Å². The molecule has 0 aromatic carbocycles. The average molecular weight is 275 g/mol. The number of aromatic amines is 1. The Kier molecular flexibility index (Phi) is 5.03. The van der Waals surface area contributed by atoms with E-state index in [2.05, 4.69) is 38.7 Å². The number of hydrazone groups is 1. The number of hydrogen-bond acceptors (Lipinski definition) is 5. The molecule has 1 aromatic rings. The van der Waals surface area contributed by atoms with Gasteiger partial charge in [-0.1, -0.05) is 25.8 Å². The maximum absolute atomic E-state index is 11.4. The molecule has 1 aliphatic carbocycles. The number of aromatic nitrogens is 3. The zero-order valence-corrected chi connectivity index (χ0v) is 12.1. The molecule has 1 aromatic heterocycles. The quantitative estimate of drug-likeness (QED) is 0.617. The number of nitrogens with one attached hydrogen (secondary N) is 2. The maximum atomic E-state index is 11.4. The Morgan fingerprint density at radius 1 is 1.40 bits per heavy atom. The van der Waals surface area contributed by atoms with Crippen molar-refractivity contribution in [1.29, 1.82) is 0 Å². The fourth-order valence-electron chi connectivity index (χ4n) is 2.17. The van der Waals surface area contributed by atoms with E-state index in [1.165, 1.54) is 24.8 Å². The van der Waals surface area contributed by atoms with Crippen LogP contribution in [0.5, 0.6) is 0 Å². The van der Waals surface area contributed by atoms with E-state index in [0.29, 0.717) is 5.69 Å². The van der Waals surface area contributed by atoms with Crippen LogP contribution in [-0.4, -0.2) is 20.9 Å². The Hall–Kier alpha value is -1.98. The fourth-order valence-corrected chi connectivity index (χ4v) is 2.17. The van der Waals surface area contributed by atoms with Gasteiger partial charge in [-0.2, -0.15) is 5.10 Å². The summed E-state index contributed by atoms with van der Waals surface area (Å²) < 4.78 is 0. The molecule has 0 aliphatic heterocycles. The summed E-state index contributed by atoms with van der Waals surface area (Å²) in [4.78, 5) is 14.0. The molecule has 108 valence electrons. The molecule has 2 N–H and O–H groups in total. The van der Waals surface area contributed by atoms with Crippen molar-refractivity contribution in [3.8, 4) is 0 Å². The molecule has 1 aliphatic rings. The molecular formula is C14H21N5O. The average Bonchev–Trinajstić information content (AvgIpc) is 2.88. The molecule has 0 bridgehead atoms. The molecular weight excluding hydrogens is 254 g/mol. The van der Waals surface area contributed by atoms with Crippen molar-refractivity contribution >= 4 is 11.7 Å². The largest absolute Gasteiger partial charge is 0.288 e. The number of hydrogen-bond donors (Lipinski definition) is 2. The van der Waals surface area contributed by atoms with Gasteiger partial charge >= 0.3 is 0 Å². The topological polar surface area (TPSA) is 83.0 Å². The minimum Gasteiger partial charge on any atom is -0.288 e. The summed E-state index contributed by atoms with van der Waals surface area (Å²) in [5.41, 5.74) is 5.27. The normalized spacial score (nSPS) is 16.5. The van der Waals surface area contributed by atoms with Gasteiger partial charge in [0.2, 0.25) is 5.95 Å². The Morgan fingerprint density at radius 2 is 2.25 bits per heavy atom. The molecule has 0 atom stereocenters. The van der Waals surface area contributed by atoms with E-state index in [4.69, 9.17) is 0 Å². The SMILES string of the molecule is CCCCCC1=CCC/C1=N/Nc1nnc(C)c(=O)[nH]1. The third-order valence-electron chi connectivity index (χ3n) is 3.35. The van der Waals surface area contributed by atoms with Gasteiger partial charge in [0.25, 0.3) is 5.56 Å². The van der Waals surface area contributed by atoms with Crippen LogP contribution >= 0.6 is 0 Å². The van der Waals surface area contributed by atoms with E-state index in [1.807, 2.05) is 0 Å². The van der Waals surface area contributed by atoms with E-state index < -0.39 is 0 Å². The Labute approximate surface area is 118 Å². The molecule has 2 rings (SSSR count). The van der Waals surface area contributed by atoms with E-state index in [1.54, 1.807) is 6.92 Å². The minimum atomic E-state index is -0.243. The van der Waals surface area contributed by atoms with Crippen molar-refractivity contribution in [2.45, 2.75) is 52.4 Å².